The second-order valence-corrected chi connectivity index (χ2v) is 5.28. The SMILES string of the molecule is COc1cccc(CS(=O)C(C)CN)c1. The molecule has 2 unspecified atom stereocenters. The van der Waals surface area contributed by atoms with Crippen molar-refractivity contribution in [2.45, 2.75) is 17.9 Å². The van der Waals surface area contributed by atoms with E-state index < -0.39 is 10.8 Å². The van der Waals surface area contributed by atoms with Gasteiger partial charge in [0, 0.05) is 28.3 Å². The number of rotatable bonds is 5. The van der Waals surface area contributed by atoms with Gasteiger partial charge in [-0.3, -0.25) is 4.21 Å². The number of methoxy groups -OCH3 is 1. The van der Waals surface area contributed by atoms with Crippen LogP contribution in [0, 0.1) is 0 Å². The third-order valence-corrected chi connectivity index (χ3v) is 3.93. The topological polar surface area (TPSA) is 52.3 Å². The van der Waals surface area contributed by atoms with Crippen LogP contribution in [0.25, 0.3) is 0 Å². The minimum atomic E-state index is -0.907. The van der Waals surface area contributed by atoms with Gasteiger partial charge in [-0.2, -0.15) is 0 Å². The molecule has 3 nitrogen and oxygen atoms in total. The molecule has 84 valence electrons. The van der Waals surface area contributed by atoms with Crippen molar-refractivity contribution in [2.24, 2.45) is 5.73 Å². The van der Waals surface area contributed by atoms with Crippen LogP contribution in [0.3, 0.4) is 0 Å². The van der Waals surface area contributed by atoms with Crippen molar-refractivity contribution in [3.05, 3.63) is 29.8 Å². The normalized spacial score (nSPS) is 14.6. The Labute approximate surface area is 93.1 Å². The van der Waals surface area contributed by atoms with Crippen LogP contribution in [0.5, 0.6) is 5.75 Å². The zero-order valence-electron chi connectivity index (χ0n) is 9.10. The third kappa shape index (κ3) is 3.64. The fraction of sp³-hybridized carbons (Fsp3) is 0.455. The van der Waals surface area contributed by atoms with Gasteiger partial charge >= 0.3 is 0 Å². The Kier molecular flexibility index (Phi) is 4.78. The zero-order chi connectivity index (χ0) is 11.3. The van der Waals surface area contributed by atoms with Crippen molar-refractivity contribution in [1.82, 2.24) is 0 Å². The summed E-state index contributed by atoms with van der Waals surface area (Å²) in [6.45, 7) is 2.35. The molecular weight excluding hydrogens is 210 g/mol. The van der Waals surface area contributed by atoms with E-state index in [1.807, 2.05) is 31.2 Å². The summed E-state index contributed by atoms with van der Waals surface area (Å²) in [5.41, 5.74) is 6.49. The van der Waals surface area contributed by atoms with E-state index in [4.69, 9.17) is 10.5 Å². The fourth-order valence-corrected chi connectivity index (χ4v) is 2.18. The summed E-state index contributed by atoms with van der Waals surface area (Å²) in [6, 6.07) is 7.63. The highest BCUT2D eigenvalue weighted by Crippen LogP contribution is 2.14. The molecular formula is C11H17NO2S. The molecule has 0 fully saturated rings. The maximum Gasteiger partial charge on any atom is 0.119 e. The second kappa shape index (κ2) is 5.88. The monoisotopic (exact) mass is 227 g/mol. The molecule has 0 aliphatic carbocycles. The van der Waals surface area contributed by atoms with Crippen molar-refractivity contribution in [2.75, 3.05) is 13.7 Å². The van der Waals surface area contributed by atoms with Crippen LogP contribution < -0.4 is 10.5 Å². The Morgan fingerprint density at radius 3 is 2.87 bits per heavy atom. The van der Waals surface area contributed by atoms with Gasteiger partial charge in [0.1, 0.15) is 5.75 Å². The molecule has 0 aliphatic rings. The van der Waals surface area contributed by atoms with Gasteiger partial charge in [-0.15, -0.1) is 0 Å². The molecule has 15 heavy (non-hydrogen) atoms. The van der Waals surface area contributed by atoms with Gasteiger partial charge < -0.3 is 10.5 Å². The van der Waals surface area contributed by atoms with E-state index in [0.717, 1.165) is 11.3 Å². The van der Waals surface area contributed by atoms with Crippen molar-refractivity contribution in [3.8, 4) is 5.75 Å². The Bertz CT molecular complexity index is 341. The smallest absolute Gasteiger partial charge is 0.119 e. The van der Waals surface area contributed by atoms with E-state index >= 15 is 0 Å². The lowest BCUT2D eigenvalue weighted by atomic mass is 10.2. The van der Waals surface area contributed by atoms with Gasteiger partial charge in [0.2, 0.25) is 0 Å². The molecule has 0 heterocycles. The molecule has 1 aromatic carbocycles. The molecule has 0 saturated heterocycles. The molecule has 2 N–H and O–H groups in total. The van der Waals surface area contributed by atoms with Crippen LogP contribution in [-0.2, 0) is 16.6 Å². The van der Waals surface area contributed by atoms with Crippen LogP contribution in [0.2, 0.25) is 0 Å². The standard InChI is InChI=1S/C11H17NO2S/c1-9(7-12)15(13)8-10-4-3-5-11(6-10)14-2/h3-6,9H,7-8,12H2,1-2H3. The maximum absolute atomic E-state index is 11.7. The number of hydrogen-bond donors (Lipinski definition) is 1. The lowest BCUT2D eigenvalue weighted by Gasteiger charge is -2.09. The molecule has 0 aromatic heterocycles. The van der Waals surface area contributed by atoms with Crippen LogP contribution in [-0.4, -0.2) is 23.1 Å². The van der Waals surface area contributed by atoms with Crippen LogP contribution in [0.4, 0.5) is 0 Å². The first kappa shape index (κ1) is 12.2. The summed E-state index contributed by atoms with van der Waals surface area (Å²) >= 11 is 0. The lowest BCUT2D eigenvalue weighted by molar-refractivity contribution is 0.414. The predicted molar refractivity (Wildman–Crippen MR) is 63.4 cm³/mol. The second-order valence-electron chi connectivity index (χ2n) is 3.42. The summed E-state index contributed by atoms with van der Waals surface area (Å²) < 4.78 is 16.8. The molecule has 1 aromatic rings. The summed E-state index contributed by atoms with van der Waals surface area (Å²) in [5.74, 6) is 1.33. The molecule has 0 bridgehead atoms. The Balaban J connectivity index is 2.68. The molecule has 1 rings (SSSR count). The molecule has 0 aliphatic heterocycles. The summed E-state index contributed by atoms with van der Waals surface area (Å²) in [6.07, 6.45) is 0. The Morgan fingerprint density at radius 2 is 2.27 bits per heavy atom. The van der Waals surface area contributed by atoms with Crippen LogP contribution >= 0.6 is 0 Å². The minimum Gasteiger partial charge on any atom is -0.497 e. The van der Waals surface area contributed by atoms with E-state index in [9.17, 15) is 4.21 Å². The molecule has 0 saturated carbocycles. The Morgan fingerprint density at radius 1 is 1.53 bits per heavy atom. The van der Waals surface area contributed by atoms with Gasteiger partial charge in [0.25, 0.3) is 0 Å². The first-order chi connectivity index (χ1) is 7.17. The van der Waals surface area contributed by atoms with Crippen molar-refractivity contribution >= 4 is 10.8 Å². The van der Waals surface area contributed by atoms with Gasteiger partial charge in [0.05, 0.1) is 7.11 Å². The number of nitrogens with two attached hydrogens (primary N) is 1. The number of ether oxygens (including phenoxy) is 1. The van der Waals surface area contributed by atoms with E-state index in [1.54, 1.807) is 7.11 Å². The Hall–Kier alpha value is -0.870. The van der Waals surface area contributed by atoms with Gasteiger partial charge in [-0.25, -0.2) is 0 Å². The summed E-state index contributed by atoms with van der Waals surface area (Å²) in [5, 5.41) is 0.0381. The van der Waals surface area contributed by atoms with Crippen molar-refractivity contribution < 1.29 is 8.95 Å². The molecule has 0 spiro atoms. The van der Waals surface area contributed by atoms with Crippen LogP contribution in [0.1, 0.15) is 12.5 Å². The van der Waals surface area contributed by atoms with E-state index in [-0.39, 0.29) is 5.25 Å². The molecule has 2 atom stereocenters. The summed E-state index contributed by atoms with van der Waals surface area (Å²) in [7, 11) is 0.717. The van der Waals surface area contributed by atoms with Gasteiger partial charge in [-0.1, -0.05) is 12.1 Å². The summed E-state index contributed by atoms with van der Waals surface area (Å²) in [4.78, 5) is 0. The number of benzene rings is 1. The van der Waals surface area contributed by atoms with Gasteiger partial charge in [0.15, 0.2) is 0 Å². The first-order valence-electron chi connectivity index (χ1n) is 4.87. The number of hydrogen-bond acceptors (Lipinski definition) is 3. The average Bonchev–Trinajstić information content (AvgIpc) is 2.28. The van der Waals surface area contributed by atoms with E-state index in [0.29, 0.717) is 12.3 Å². The lowest BCUT2D eigenvalue weighted by Crippen LogP contribution is -2.22. The average molecular weight is 227 g/mol. The third-order valence-electron chi connectivity index (χ3n) is 2.22. The highest BCUT2D eigenvalue weighted by molar-refractivity contribution is 7.84. The van der Waals surface area contributed by atoms with Crippen molar-refractivity contribution in [1.29, 1.82) is 0 Å². The molecule has 0 radical (unpaired) electrons. The molecule has 4 heteroatoms. The van der Waals surface area contributed by atoms with E-state index in [2.05, 4.69) is 0 Å². The quantitative estimate of drug-likeness (QED) is 0.824. The highest BCUT2D eigenvalue weighted by Gasteiger charge is 2.09. The zero-order valence-corrected chi connectivity index (χ0v) is 9.92. The first-order valence-corrected chi connectivity index (χ1v) is 6.25. The maximum atomic E-state index is 11.7. The van der Waals surface area contributed by atoms with Crippen LogP contribution in [0.15, 0.2) is 24.3 Å². The van der Waals surface area contributed by atoms with E-state index in [1.165, 1.54) is 0 Å². The molecule has 0 amide bonds. The van der Waals surface area contributed by atoms with Gasteiger partial charge in [-0.05, 0) is 24.6 Å². The predicted octanol–water partition coefficient (Wildman–Crippen LogP) is 1.29. The van der Waals surface area contributed by atoms with Crippen molar-refractivity contribution in [3.63, 3.8) is 0 Å². The minimum absolute atomic E-state index is 0.0381. The largest absolute Gasteiger partial charge is 0.497 e. The fourth-order valence-electron chi connectivity index (χ4n) is 1.18. The highest BCUT2D eigenvalue weighted by atomic mass is 32.2.